The summed E-state index contributed by atoms with van der Waals surface area (Å²) in [5.41, 5.74) is 1.13. The molecule has 20 heavy (non-hydrogen) atoms. The quantitative estimate of drug-likeness (QED) is 0.903. The lowest BCUT2D eigenvalue weighted by molar-refractivity contribution is -0.143. The molecule has 5 nitrogen and oxygen atoms in total. The number of amides is 1. The van der Waals surface area contributed by atoms with Gasteiger partial charge >= 0.3 is 5.97 Å². The van der Waals surface area contributed by atoms with E-state index in [0.29, 0.717) is 32.5 Å². The van der Waals surface area contributed by atoms with Crippen molar-refractivity contribution >= 4 is 23.2 Å². The van der Waals surface area contributed by atoms with Gasteiger partial charge < -0.3 is 14.7 Å². The molecule has 3 rings (SSSR count). The molecule has 2 aliphatic heterocycles. The van der Waals surface area contributed by atoms with Crippen LogP contribution in [-0.4, -0.2) is 41.6 Å². The largest absolute Gasteiger partial charge is 0.481 e. The monoisotopic (exact) mass is 295 g/mol. The fraction of sp³-hybridized carbons (Fsp3) is 0.571. The summed E-state index contributed by atoms with van der Waals surface area (Å²) in [5.74, 6) is -1.02. The zero-order valence-electron chi connectivity index (χ0n) is 11.1. The Kier molecular flexibility index (Phi) is 3.76. The van der Waals surface area contributed by atoms with E-state index in [1.807, 2.05) is 6.07 Å². The first-order chi connectivity index (χ1) is 9.65. The summed E-state index contributed by atoms with van der Waals surface area (Å²) in [7, 11) is 0. The fourth-order valence-corrected chi connectivity index (χ4v) is 3.86. The van der Waals surface area contributed by atoms with Gasteiger partial charge in [-0.2, -0.15) is 0 Å². The Labute approximate surface area is 121 Å². The van der Waals surface area contributed by atoms with Crippen LogP contribution in [0, 0.1) is 5.92 Å². The van der Waals surface area contributed by atoms with Gasteiger partial charge in [0.1, 0.15) is 0 Å². The molecule has 1 aromatic heterocycles. The Bertz CT molecular complexity index is 508. The molecule has 0 saturated carbocycles. The number of hydrogen-bond acceptors (Lipinski definition) is 4. The van der Waals surface area contributed by atoms with Crippen molar-refractivity contribution < 1.29 is 19.4 Å². The number of nitrogens with zero attached hydrogens (tertiary/aromatic N) is 1. The van der Waals surface area contributed by atoms with Crippen LogP contribution >= 0.6 is 11.3 Å². The Balaban J connectivity index is 1.67. The number of carbonyl (C=O) groups excluding carboxylic acids is 1. The molecule has 1 fully saturated rings. The first-order valence-corrected chi connectivity index (χ1v) is 7.68. The zero-order valence-corrected chi connectivity index (χ0v) is 11.9. The van der Waals surface area contributed by atoms with Crippen molar-refractivity contribution in [2.75, 3.05) is 19.7 Å². The van der Waals surface area contributed by atoms with Crippen LogP contribution < -0.4 is 0 Å². The number of fused-ring (bicyclic) bond motifs is 1. The number of rotatable bonds is 2. The maximum Gasteiger partial charge on any atom is 0.306 e. The highest BCUT2D eigenvalue weighted by atomic mass is 32.1. The van der Waals surface area contributed by atoms with Crippen molar-refractivity contribution in [1.29, 1.82) is 0 Å². The van der Waals surface area contributed by atoms with Crippen LogP contribution in [-0.2, 0) is 22.6 Å². The average molecular weight is 295 g/mol. The maximum atomic E-state index is 12.4. The van der Waals surface area contributed by atoms with Gasteiger partial charge in [-0.05, 0) is 24.5 Å². The molecule has 0 aliphatic carbocycles. The second-order valence-corrected chi connectivity index (χ2v) is 6.40. The third-order valence-corrected chi connectivity index (χ3v) is 5.19. The predicted octanol–water partition coefficient (Wildman–Crippen LogP) is 1.76. The zero-order chi connectivity index (χ0) is 14.1. The molecule has 0 radical (unpaired) electrons. The summed E-state index contributed by atoms with van der Waals surface area (Å²) in [5, 5.41) is 8.98. The number of thiophene rings is 1. The van der Waals surface area contributed by atoms with Gasteiger partial charge in [-0.15, -0.1) is 11.3 Å². The molecule has 0 aromatic carbocycles. The van der Waals surface area contributed by atoms with Gasteiger partial charge in [0.15, 0.2) is 0 Å². The van der Waals surface area contributed by atoms with E-state index in [1.165, 1.54) is 4.88 Å². The minimum atomic E-state index is -0.749. The van der Waals surface area contributed by atoms with E-state index >= 15 is 0 Å². The number of carbonyl (C=O) groups is 2. The van der Waals surface area contributed by atoms with Crippen LogP contribution in [0.1, 0.15) is 33.0 Å². The fourth-order valence-electron chi connectivity index (χ4n) is 2.74. The second kappa shape index (κ2) is 5.54. The number of ether oxygens (including phenoxy) is 1. The van der Waals surface area contributed by atoms with E-state index in [4.69, 9.17) is 9.84 Å². The van der Waals surface area contributed by atoms with Crippen LogP contribution in [0.2, 0.25) is 0 Å². The minimum absolute atomic E-state index is 0.0354. The molecule has 1 aromatic rings. The van der Waals surface area contributed by atoms with Gasteiger partial charge in [-0.25, -0.2) is 0 Å². The topological polar surface area (TPSA) is 66.8 Å². The second-order valence-electron chi connectivity index (χ2n) is 5.27. The minimum Gasteiger partial charge on any atom is -0.481 e. The van der Waals surface area contributed by atoms with Crippen molar-refractivity contribution in [3.05, 3.63) is 21.4 Å². The lowest BCUT2D eigenvalue weighted by Gasteiger charge is -2.29. The average Bonchev–Trinajstić information content (AvgIpc) is 2.90. The third kappa shape index (κ3) is 2.58. The molecule has 1 N–H and O–H groups in total. The molecule has 6 heteroatoms. The highest BCUT2D eigenvalue weighted by Gasteiger charge is 2.28. The first-order valence-electron chi connectivity index (χ1n) is 6.86. The van der Waals surface area contributed by atoms with Gasteiger partial charge in [0.25, 0.3) is 5.91 Å². The molecular formula is C14H17NO4S. The number of likely N-dealkylation sites (tertiary alicyclic amines) is 1. The molecule has 0 spiro atoms. The van der Waals surface area contributed by atoms with Gasteiger partial charge in [0.2, 0.25) is 0 Å². The predicted molar refractivity (Wildman–Crippen MR) is 73.9 cm³/mol. The van der Waals surface area contributed by atoms with E-state index in [1.54, 1.807) is 16.2 Å². The normalized spacial score (nSPS) is 19.7. The molecule has 1 saturated heterocycles. The number of carboxylic acids is 1. The van der Waals surface area contributed by atoms with Crippen molar-refractivity contribution in [3.8, 4) is 0 Å². The van der Waals surface area contributed by atoms with Crippen LogP contribution in [0.25, 0.3) is 0 Å². The SMILES string of the molecule is O=C(O)C1CCN(C(=O)c2cc3c(s2)CCOC3)CC1. The van der Waals surface area contributed by atoms with Crippen molar-refractivity contribution in [2.24, 2.45) is 5.92 Å². The molecule has 0 unspecified atom stereocenters. The summed E-state index contributed by atoms with van der Waals surface area (Å²) in [6.07, 6.45) is 1.99. The van der Waals surface area contributed by atoms with Crippen LogP contribution in [0.15, 0.2) is 6.07 Å². The summed E-state index contributed by atoms with van der Waals surface area (Å²) >= 11 is 1.56. The number of piperidine rings is 1. The third-order valence-electron chi connectivity index (χ3n) is 3.97. The van der Waals surface area contributed by atoms with Crippen molar-refractivity contribution in [2.45, 2.75) is 25.9 Å². The van der Waals surface area contributed by atoms with E-state index in [9.17, 15) is 9.59 Å². The molecule has 2 aliphatic rings. The van der Waals surface area contributed by atoms with Crippen LogP contribution in [0.4, 0.5) is 0 Å². The van der Waals surface area contributed by atoms with E-state index in [-0.39, 0.29) is 11.8 Å². The summed E-state index contributed by atoms with van der Waals surface area (Å²) in [6, 6.07) is 1.94. The van der Waals surface area contributed by atoms with E-state index in [2.05, 4.69) is 0 Å². The van der Waals surface area contributed by atoms with Gasteiger partial charge in [-0.1, -0.05) is 0 Å². The molecule has 1 amide bonds. The van der Waals surface area contributed by atoms with Gasteiger partial charge in [0, 0.05) is 24.4 Å². The molecule has 3 heterocycles. The highest BCUT2D eigenvalue weighted by molar-refractivity contribution is 7.14. The smallest absolute Gasteiger partial charge is 0.306 e. The lowest BCUT2D eigenvalue weighted by atomic mass is 9.97. The van der Waals surface area contributed by atoms with E-state index in [0.717, 1.165) is 23.5 Å². The number of aliphatic carboxylic acids is 1. The molecular weight excluding hydrogens is 278 g/mol. The number of carboxylic acid groups (broad SMARTS) is 1. The van der Waals surface area contributed by atoms with Gasteiger partial charge in [-0.3, -0.25) is 9.59 Å². The molecule has 0 atom stereocenters. The Morgan fingerprint density at radius 2 is 2.10 bits per heavy atom. The maximum absolute atomic E-state index is 12.4. The van der Waals surface area contributed by atoms with Crippen molar-refractivity contribution in [1.82, 2.24) is 4.90 Å². The summed E-state index contributed by atoms with van der Waals surface area (Å²) in [6.45, 7) is 2.40. The lowest BCUT2D eigenvalue weighted by Crippen LogP contribution is -2.39. The molecule has 108 valence electrons. The first kappa shape index (κ1) is 13.6. The van der Waals surface area contributed by atoms with Crippen molar-refractivity contribution in [3.63, 3.8) is 0 Å². The summed E-state index contributed by atoms with van der Waals surface area (Å²) in [4.78, 5) is 27.1. The number of hydrogen-bond donors (Lipinski definition) is 1. The van der Waals surface area contributed by atoms with E-state index < -0.39 is 5.97 Å². The highest BCUT2D eigenvalue weighted by Crippen LogP contribution is 2.29. The van der Waals surface area contributed by atoms with Gasteiger partial charge in [0.05, 0.1) is 24.0 Å². The Hall–Kier alpha value is -1.40. The van der Waals surface area contributed by atoms with Crippen LogP contribution in [0.3, 0.4) is 0 Å². The Morgan fingerprint density at radius 3 is 2.75 bits per heavy atom. The summed E-state index contributed by atoms with van der Waals surface area (Å²) < 4.78 is 5.39. The molecule has 0 bridgehead atoms. The standard InChI is InChI=1S/C14H17NO4S/c16-13(15-4-1-9(2-5-15)14(17)18)12-7-10-8-19-6-3-11(10)20-12/h7,9H,1-6,8H2,(H,17,18). The van der Waals surface area contributed by atoms with Crippen LogP contribution in [0.5, 0.6) is 0 Å². The Morgan fingerprint density at radius 1 is 1.35 bits per heavy atom.